The van der Waals surface area contributed by atoms with Crippen molar-refractivity contribution in [1.82, 2.24) is 14.7 Å². The highest BCUT2D eigenvalue weighted by atomic mass is 16.6. The predicted molar refractivity (Wildman–Crippen MR) is 97.4 cm³/mol. The predicted octanol–water partition coefficient (Wildman–Crippen LogP) is 3.58. The highest BCUT2D eigenvalue weighted by Gasteiger charge is 2.33. The Kier molecular flexibility index (Phi) is 5.67. The first-order chi connectivity index (χ1) is 12.4. The van der Waals surface area contributed by atoms with Crippen molar-refractivity contribution < 1.29 is 19.0 Å². The van der Waals surface area contributed by atoms with E-state index in [2.05, 4.69) is 5.10 Å². The van der Waals surface area contributed by atoms with Gasteiger partial charge in [-0.3, -0.25) is 4.90 Å². The Hall–Kier alpha value is -1.86. The first kappa shape index (κ1) is 18.9. The Balaban J connectivity index is 1.75. The fourth-order valence-electron chi connectivity index (χ4n) is 3.31. The Bertz CT molecular complexity index is 656. The summed E-state index contributed by atoms with van der Waals surface area (Å²) in [5.74, 6) is 0. The number of aromatic nitrogens is 2. The number of hydrogen-bond donors (Lipinski definition) is 0. The minimum atomic E-state index is -0.533. The third kappa shape index (κ3) is 4.45. The van der Waals surface area contributed by atoms with Gasteiger partial charge in [-0.1, -0.05) is 0 Å². The molecule has 1 aromatic rings. The van der Waals surface area contributed by atoms with Crippen LogP contribution in [0.4, 0.5) is 4.79 Å². The summed E-state index contributed by atoms with van der Waals surface area (Å²) in [6.45, 7) is 6.84. The zero-order valence-electron chi connectivity index (χ0n) is 16.1. The molecule has 7 nitrogen and oxygen atoms in total. The molecule has 1 fully saturated rings. The number of nitrogens with zero attached hydrogens (tertiary/aromatic N) is 3. The van der Waals surface area contributed by atoms with E-state index in [1.54, 1.807) is 12.0 Å². The van der Waals surface area contributed by atoms with Crippen molar-refractivity contribution in [1.29, 1.82) is 0 Å². The Morgan fingerprint density at radius 1 is 1.38 bits per heavy atom. The average molecular weight is 363 g/mol. The summed E-state index contributed by atoms with van der Waals surface area (Å²) in [5.41, 5.74) is 1.53. The van der Waals surface area contributed by atoms with Gasteiger partial charge in [0.1, 0.15) is 11.8 Å². The Labute approximate surface area is 154 Å². The third-order valence-corrected chi connectivity index (χ3v) is 4.53. The smallest absolute Gasteiger partial charge is 0.414 e. The lowest BCUT2D eigenvalue weighted by molar-refractivity contribution is -0.0395. The van der Waals surface area contributed by atoms with Gasteiger partial charge in [-0.2, -0.15) is 5.10 Å². The van der Waals surface area contributed by atoms with E-state index in [1.807, 2.05) is 44.0 Å². The monoisotopic (exact) mass is 363 g/mol. The summed E-state index contributed by atoms with van der Waals surface area (Å²) in [7, 11) is 1.64. The second kappa shape index (κ2) is 7.80. The third-order valence-electron chi connectivity index (χ3n) is 4.53. The van der Waals surface area contributed by atoms with Crippen molar-refractivity contribution in [3.63, 3.8) is 0 Å². The zero-order chi connectivity index (χ0) is 18.7. The normalized spacial score (nSPS) is 23.8. The Morgan fingerprint density at radius 2 is 2.19 bits per heavy atom. The molecule has 0 N–H and O–H groups in total. The van der Waals surface area contributed by atoms with E-state index < -0.39 is 5.60 Å². The van der Waals surface area contributed by atoms with E-state index in [-0.39, 0.29) is 18.4 Å². The van der Waals surface area contributed by atoms with Gasteiger partial charge in [-0.05, 0) is 52.0 Å². The van der Waals surface area contributed by atoms with Crippen LogP contribution in [0.25, 0.3) is 5.57 Å². The molecular weight excluding hydrogens is 334 g/mol. The van der Waals surface area contributed by atoms with Gasteiger partial charge >= 0.3 is 6.09 Å². The van der Waals surface area contributed by atoms with Crippen LogP contribution in [-0.4, -0.2) is 52.7 Å². The maximum Gasteiger partial charge on any atom is 0.414 e. The summed E-state index contributed by atoms with van der Waals surface area (Å²) in [6, 6.07) is -0.0702. The first-order valence-corrected chi connectivity index (χ1v) is 9.24. The van der Waals surface area contributed by atoms with Crippen LogP contribution in [0, 0.1) is 0 Å². The molecular formula is C19H29N3O4. The molecule has 0 bridgehead atoms. The van der Waals surface area contributed by atoms with Crippen molar-refractivity contribution in [3.05, 3.63) is 24.2 Å². The van der Waals surface area contributed by atoms with E-state index in [1.165, 1.54) is 0 Å². The summed E-state index contributed by atoms with van der Waals surface area (Å²) in [5, 5.41) is 4.47. The van der Waals surface area contributed by atoms with Crippen LogP contribution in [0.3, 0.4) is 0 Å². The van der Waals surface area contributed by atoms with E-state index in [0.717, 1.165) is 37.0 Å². The summed E-state index contributed by atoms with van der Waals surface area (Å²) < 4.78 is 18.5. The maximum atomic E-state index is 12.5. The Morgan fingerprint density at radius 3 is 2.85 bits per heavy atom. The van der Waals surface area contributed by atoms with Crippen LogP contribution in [0.15, 0.2) is 18.6 Å². The van der Waals surface area contributed by atoms with Crippen molar-refractivity contribution in [2.24, 2.45) is 0 Å². The van der Waals surface area contributed by atoms with Gasteiger partial charge in [0, 0.05) is 31.7 Å². The van der Waals surface area contributed by atoms with Gasteiger partial charge in [0.2, 0.25) is 0 Å². The molecule has 144 valence electrons. The molecule has 1 aromatic heterocycles. The lowest BCUT2D eigenvalue weighted by Crippen LogP contribution is -2.39. The molecule has 26 heavy (non-hydrogen) atoms. The lowest BCUT2D eigenvalue weighted by atomic mass is 10.1. The maximum absolute atomic E-state index is 12.5. The first-order valence-electron chi connectivity index (χ1n) is 9.24. The highest BCUT2D eigenvalue weighted by molar-refractivity contribution is 5.77. The van der Waals surface area contributed by atoms with Gasteiger partial charge in [-0.25, -0.2) is 9.48 Å². The fourth-order valence-corrected chi connectivity index (χ4v) is 3.31. The molecule has 0 radical (unpaired) electrons. The topological polar surface area (TPSA) is 65.8 Å². The zero-order valence-corrected chi connectivity index (χ0v) is 16.1. The van der Waals surface area contributed by atoms with Crippen molar-refractivity contribution >= 4 is 11.7 Å². The number of ether oxygens (including phenoxy) is 3. The van der Waals surface area contributed by atoms with Crippen LogP contribution in [0.2, 0.25) is 0 Å². The molecule has 0 saturated carbocycles. The largest absolute Gasteiger partial charge is 0.443 e. The van der Waals surface area contributed by atoms with Crippen molar-refractivity contribution in [2.45, 2.75) is 64.3 Å². The molecule has 0 spiro atoms. The van der Waals surface area contributed by atoms with Gasteiger partial charge in [-0.15, -0.1) is 0 Å². The number of rotatable bonds is 4. The summed E-state index contributed by atoms with van der Waals surface area (Å²) in [4.78, 5) is 14.2. The van der Waals surface area contributed by atoms with Crippen LogP contribution in [0.5, 0.6) is 0 Å². The molecule has 2 atom stereocenters. The molecule has 3 heterocycles. The molecule has 3 rings (SSSR count). The number of hydrogen-bond acceptors (Lipinski definition) is 5. The average Bonchev–Trinajstić information content (AvgIpc) is 3.21. The molecule has 2 aliphatic heterocycles. The van der Waals surface area contributed by atoms with Gasteiger partial charge in [0.15, 0.2) is 0 Å². The van der Waals surface area contributed by atoms with E-state index in [9.17, 15) is 4.79 Å². The van der Waals surface area contributed by atoms with Gasteiger partial charge < -0.3 is 14.2 Å². The summed E-state index contributed by atoms with van der Waals surface area (Å²) >= 11 is 0. The van der Waals surface area contributed by atoms with Crippen LogP contribution in [-0.2, 0) is 14.2 Å². The van der Waals surface area contributed by atoms with E-state index in [0.29, 0.717) is 13.0 Å². The van der Waals surface area contributed by atoms with Crippen molar-refractivity contribution in [2.75, 3.05) is 20.3 Å². The fraction of sp³-hybridized carbons (Fsp3) is 0.684. The number of amides is 1. The van der Waals surface area contributed by atoms with Gasteiger partial charge in [0.05, 0.1) is 18.8 Å². The van der Waals surface area contributed by atoms with Crippen molar-refractivity contribution in [3.8, 4) is 0 Å². The number of carbonyl (C=O) groups excluding carboxylic acids is 1. The van der Waals surface area contributed by atoms with Crippen LogP contribution >= 0.6 is 0 Å². The quantitative estimate of drug-likeness (QED) is 0.818. The molecule has 2 aliphatic rings. The molecule has 7 heteroatoms. The molecule has 0 aliphatic carbocycles. The van der Waals surface area contributed by atoms with E-state index >= 15 is 0 Å². The lowest BCUT2D eigenvalue weighted by Gasteiger charge is -2.27. The number of methoxy groups -OCH3 is 1. The molecule has 1 unspecified atom stereocenters. The van der Waals surface area contributed by atoms with E-state index in [4.69, 9.17) is 14.2 Å². The minimum absolute atomic E-state index is 0.0104. The highest BCUT2D eigenvalue weighted by Crippen LogP contribution is 2.32. The van der Waals surface area contributed by atoms with Crippen LogP contribution in [0.1, 0.15) is 58.2 Å². The molecule has 1 amide bonds. The minimum Gasteiger partial charge on any atom is -0.443 e. The van der Waals surface area contributed by atoms with Crippen LogP contribution < -0.4 is 0 Å². The second-order valence-corrected chi connectivity index (χ2v) is 7.89. The van der Waals surface area contributed by atoms with Gasteiger partial charge in [0.25, 0.3) is 0 Å². The standard InChI is InChI=1S/C19H29N3O4/c1-19(2,3)26-18(23)21-11-14(9-16(21)13-24-4)15-10-20-22(12-15)17-7-5-6-8-25-17/h10-12,16-17H,5-9,13H2,1-4H3/t16-,17?/m1/s1. The molecule has 1 saturated heterocycles. The second-order valence-electron chi connectivity index (χ2n) is 7.89. The SMILES string of the molecule is COC[C@H]1CC(c2cnn(C3CCCCO3)c2)=CN1C(=O)OC(C)(C)C. The number of carbonyl (C=O) groups is 1. The summed E-state index contributed by atoms with van der Waals surface area (Å²) in [6.07, 6.45) is 9.33. The molecule has 0 aromatic carbocycles.